The van der Waals surface area contributed by atoms with Gasteiger partial charge in [-0.3, -0.25) is 4.79 Å². The Morgan fingerprint density at radius 2 is 2.09 bits per heavy atom. The van der Waals surface area contributed by atoms with Crippen LogP contribution in [0.1, 0.15) is 23.8 Å². The summed E-state index contributed by atoms with van der Waals surface area (Å²) in [5, 5.41) is 3.89. The van der Waals surface area contributed by atoms with Gasteiger partial charge in [-0.1, -0.05) is 25.5 Å². The van der Waals surface area contributed by atoms with Crippen molar-refractivity contribution in [1.29, 1.82) is 0 Å². The standard InChI is InChI=1S/C16H17BrN2O2S/c1-2-3-12-4-6-13(7-5-12)21-11-16(20)19-18-10-14-8-9-15(17)22-14/h4-10H,2-3,11H2,1H3,(H,19,20)/b18-10-. The third-order valence-electron chi connectivity index (χ3n) is 2.81. The average Bonchev–Trinajstić information content (AvgIpc) is 2.92. The van der Waals surface area contributed by atoms with Gasteiger partial charge in [0.2, 0.25) is 0 Å². The number of nitrogens with one attached hydrogen (secondary N) is 1. The summed E-state index contributed by atoms with van der Waals surface area (Å²) in [5.74, 6) is 0.394. The molecule has 1 heterocycles. The lowest BCUT2D eigenvalue weighted by Crippen LogP contribution is -2.24. The van der Waals surface area contributed by atoms with E-state index < -0.39 is 0 Å². The van der Waals surface area contributed by atoms with E-state index in [-0.39, 0.29) is 12.5 Å². The zero-order valence-electron chi connectivity index (χ0n) is 12.2. The fourth-order valence-electron chi connectivity index (χ4n) is 1.79. The van der Waals surface area contributed by atoms with Crippen molar-refractivity contribution in [3.63, 3.8) is 0 Å². The van der Waals surface area contributed by atoms with Crippen molar-refractivity contribution in [3.05, 3.63) is 50.6 Å². The zero-order valence-corrected chi connectivity index (χ0v) is 14.6. The van der Waals surface area contributed by atoms with E-state index in [1.165, 1.54) is 16.9 Å². The number of ether oxygens (including phenoxy) is 1. The molecule has 116 valence electrons. The van der Waals surface area contributed by atoms with Gasteiger partial charge in [0.05, 0.1) is 10.0 Å². The lowest BCUT2D eigenvalue weighted by atomic mass is 10.1. The highest BCUT2D eigenvalue weighted by Gasteiger charge is 2.02. The Balaban J connectivity index is 1.74. The minimum atomic E-state index is -0.287. The summed E-state index contributed by atoms with van der Waals surface area (Å²) in [6, 6.07) is 11.6. The molecule has 1 amide bonds. The fourth-order valence-corrected chi connectivity index (χ4v) is 3.08. The molecule has 0 unspecified atom stereocenters. The van der Waals surface area contributed by atoms with Gasteiger partial charge in [-0.25, -0.2) is 5.43 Å². The van der Waals surface area contributed by atoms with Crippen LogP contribution in [0.5, 0.6) is 5.75 Å². The van der Waals surface area contributed by atoms with E-state index in [0.29, 0.717) is 5.75 Å². The second kappa shape index (κ2) is 8.70. The molecule has 4 nitrogen and oxygen atoms in total. The Morgan fingerprint density at radius 1 is 1.32 bits per heavy atom. The topological polar surface area (TPSA) is 50.7 Å². The number of aryl methyl sites for hydroxylation is 1. The van der Waals surface area contributed by atoms with Crippen molar-refractivity contribution in [2.75, 3.05) is 6.61 Å². The first-order valence-corrected chi connectivity index (χ1v) is 8.57. The minimum absolute atomic E-state index is 0.0569. The molecular weight excluding hydrogens is 364 g/mol. The van der Waals surface area contributed by atoms with Crippen LogP contribution in [-0.2, 0) is 11.2 Å². The maximum absolute atomic E-state index is 11.6. The molecule has 0 saturated carbocycles. The summed E-state index contributed by atoms with van der Waals surface area (Å²) < 4.78 is 6.44. The van der Waals surface area contributed by atoms with Crippen LogP contribution in [0.25, 0.3) is 0 Å². The molecule has 1 aromatic heterocycles. The van der Waals surface area contributed by atoms with E-state index in [1.54, 1.807) is 6.21 Å². The highest BCUT2D eigenvalue weighted by Crippen LogP contribution is 2.20. The first-order chi connectivity index (χ1) is 10.7. The van der Waals surface area contributed by atoms with Gasteiger partial charge in [0.25, 0.3) is 5.91 Å². The van der Waals surface area contributed by atoms with Gasteiger partial charge < -0.3 is 4.74 Å². The van der Waals surface area contributed by atoms with Crippen molar-refractivity contribution in [3.8, 4) is 5.75 Å². The number of amides is 1. The molecule has 0 atom stereocenters. The molecule has 22 heavy (non-hydrogen) atoms. The second-order valence-corrected chi connectivity index (χ2v) is 7.11. The average molecular weight is 381 g/mol. The number of hydrogen-bond acceptors (Lipinski definition) is 4. The smallest absolute Gasteiger partial charge is 0.277 e. The number of benzene rings is 1. The first kappa shape index (κ1) is 16.7. The first-order valence-electron chi connectivity index (χ1n) is 6.96. The third-order valence-corrected chi connectivity index (χ3v) is 4.37. The lowest BCUT2D eigenvalue weighted by molar-refractivity contribution is -0.123. The van der Waals surface area contributed by atoms with Gasteiger partial charge in [-0.05, 0) is 52.2 Å². The van der Waals surface area contributed by atoms with E-state index in [4.69, 9.17) is 4.74 Å². The quantitative estimate of drug-likeness (QED) is 0.582. The van der Waals surface area contributed by atoms with Crippen LogP contribution in [0.15, 0.2) is 45.3 Å². The maximum Gasteiger partial charge on any atom is 0.277 e. The highest BCUT2D eigenvalue weighted by molar-refractivity contribution is 9.11. The summed E-state index contributed by atoms with van der Waals surface area (Å²) in [5.41, 5.74) is 3.71. The van der Waals surface area contributed by atoms with E-state index in [1.807, 2.05) is 36.4 Å². The van der Waals surface area contributed by atoms with Gasteiger partial charge in [0.15, 0.2) is 6.61 Å². The van der Waals surface area contributed by atoms with Crippen LogP contribution in [0.3, 0.4) is 0 Å². The van der Waals surface area contributed by atoms with Gasteiger partial charge in [0.1, 0.15) is 5.75 Å². The Morgan fingerprint density at radius 3 is 2.73 bits per heavy atom. The van der Waals surface area contributed by atoms with Crippen LogP contribution >= 0.6 is 27.3 Å². The van der Waals surface area contributed by atoms with Gasteiger partial charge >= 0.3 is 0 Å². The van der Waals surface area contributed by atoms with Crippen molar-refractivity contribution in [1.82, 2.24) is 5.43 Å². The molecule has 6 heteroatoms. The van der Waals surface area contributed by atoms with Crippen LogP contribution in [0.4, 0.5) is 0 Å². The summed E-state index contributed by atoms with van der Waals surface area (Å²) >= 11 is 4.91. The van der Waals surface area contributed by atoms with E-state index in [2.05, 4.69) is 33.4 Å². The molecule has 0 saturated heterocycles. The molecule has 0 fully saturated rings. The number of hydrazone groups is 1. The Hall–Kier alpha value is -1.66. The van der Waals surface area contributed by atoms with Crippen LogP contribution in [0.2, 0.25) is 0 Å². The van der Waals surface area contributed by atoms with Crippen molar-refractivity contribution in [2.24, 2.45) is 5.10 Å². The molecule has 0 aliphatic carbocycles. The number of rotatable bonds is 7. The monoisotopic (exact) mass is 380 g/mol. The summed E-state index contributed by atoms with van der Waals surface area (Å²) in [6.07, 6.45) is 3.77. The minimum Gasteiger partial charge on any atom is -0.484 e. The molecule has 0 bridgehead atoms. The Bertz CT molecular complexity index is 638. The molecule has 0 aliphatic rings. The molecule has 0 aliphatic heterocycles. The number of carbonyl (C=O) groups excluding carboxylic acids is 1. The number of nitrogens with zero attached hydrogens (tertiary/aromatic N) is 1. The van der Waals surface area contributed by atoms with Crippen LogP contribution in [0, 0.1) is 0 Å². The summed E-state index contributed by atoms with van der Waals surface area (Å²) in [6.45, 7) is 2.09. The SMILES string of the molecule is CCCc1ccc(OCC(=O)N/N=C\c2ccc(Br)s2)cc1. The van der Waals surface area contributed by atoms with E-state index in [0.717, 1.165) is 21.5 Å². The predicted molar refractivity (Wildman–Crippen MR) is 93.7 cm³/mol. The zero-order chi connectivity index (χ0) is 15.8. The number of carbonyl (C=O) groups is 1. The largest absolute Gasteiger partial charge is 0.484 e. The molecule has 0 spiro atoms. The molecule has 2 aromatic rings. The van der Waals surface area contributed by atoms with Crippen molar-refractivity contribution < 1.29 is 9.53 Å². The van der Waals surface area contributed by atoms with Gasteiger partial charge in [0, 0.05) is 4.88 Å². The molecule has 2 rings (SSSR count). The van der Waals surface area contributed by atoms with E-state index in [9.17, 15) is 4.79 Å². The second-order valence-electron chi connectivity index (χ2n) is 4.62. The molecule has 0 radical (unpaired) electrons. The van der Waals surface area contributed by atoms with Crippen molar-refractivity contribution >= 4 is 39.4 Å². The third kappa shape index (κ3) is 5.61. The summed E-state index contributed by atoms with van der Waals surface area (Å²) in [7, 11) is 0. The molecular formula is C16H17BrN2O2S. The normalized spacial score (nSPS) is 10.8. The number of hydrogen-bond donors (Lipinski definition) is 1. The maximum atomic E-state index is 11.6. The van der Waals surface area contributed by atoms with Gasteiger partial charge in [-0.15, -0.1) is 11.3 Å². The van der Waals surface area contributed by atoms with Gasteiger partial charge in [-0.2, -0.15) is 5.10 Å². The fraction of sp³-hybridized carbons (Fsp3) is 0.250. The predicted octanol–water partition coefficient (Wildman–Crippen LogP) is 3.99. The molecule has 1 aromatic carbocycles. The van der Waals surface area contributed by atoms with Crippen LogP contribution in [-0.4, -0.2) is 18.7 Å². The number of halogens is 1. The highest BCUT2D eigenvalue weighted by atomic mass is 79.9. The lowest BCUT2D eigenvalue weighted by Gasteiger charge is -2.06. The summed E-state index contributed by atoms with van der Waals surface area (Å²) in [4.78, 5) is 12.6. The van der Waals surface area contributed by atoms with Crippen LogP contribution < -0.4 is 10.2 Å². The Labute approximate surface area is 142 Å². The van der Waals surface area contributed by atoms with E-state index >= 15 is 0 Å². The Kier molecular flexibility index (Phi) is 6.61. The number of thiophene rings is 1. The van der Waals surface area contributed by atoms with Crippen molar-refractivity contribution in [2.45, 2.75) is 19.8 Å². The molecule has 1 N–H and O–H groups in total.